The lowest BCUT2D eigenvalue weighted by atomic mass is 10.0. The minimum atomic E-state index is -0.563. The van der Waals surface area contributed by atoms with E-state index < -0.39 is 6.04 Å². The topological polar surface area (TPSA) is 72.9 Å². The molecule has 0 heterocycles. The Morgan fingerprint density at radius 3 is 1.81 bits per heavy atom. The Kier molecular flexibility index (Phi) is 19.3. The molecule has 0 bridgehead atoms. The van der Waals surface area contributed by atoms with Gasteiger partial charge in [0.1, 0.15) is 6.04 Å². The van der Waals surface area contributed by atoms with Crippen molar-refractivity contribution in [2.24, 2.45) is 0 Å². The molecule has 182 valence electrons. The van der Waals surface area contributed by atoms with Gasteiger partial charge in [0.25, 0.3) is 0 Å². The zero-order valence-corrected chi connectivity index (χ0v) is 20.6. The van der Waals surface area contributed by atoms with Gasteiger partial charge in [-0.3, -0.25) is 9.59 Å². The molecule has 0 aromatic rings. The molecule has 0 radical (unpaired) electrons. The summed E-state index contributed by atoms with van der Waals surface area (Å²) in [4.78, 5) is 39.1. The number of unbranched alkanes of at least 4 members (excludes halogenated alkanes) is 9. The molecule has 6 nitrogen and oxygen atoms in total. The van der Waals surface area contributed by atoms with Crippen LogP contribution in [0.1, 0.15) is 118 Å². The zero-order valence-electron chi connectivity index (χ0n) is 20.6. The minimum Gasteiger partial charge on any atom is -0.466 e. The van der Waals surface area contributed by atoms with Crippen molar-refractivity contribution >= 4 is 17.8 Å². The van der Waals surface area contributed by atoms with Gasteiger partial charge in [-0.15, -0.1) is 0 Å². The van der Waals surface area contributed by atoms with Gasteiger partial charge >= 0.3 is 11.9 Å². The van der Waals surface area contributed by atoms with Crippen LogP contribution in [0.25, 0.3) is 0 Å². The first-order valence-corrected chi connectivity index (χ1v) is 12.6. The molecular formula is C25H47NO5. The third-order valence-electron chi connectivity index (χ3n) is 5.44. The van der Waals surface area contributed by atoms with E-state index in [4.69, 9.17) is 9.47 Å². The molecule has 31 heavy (non-hydrogen) atoms. The molecule has 0 aliphatic carbocycles. The lowest BCUT2D eigenvalue weighted by Gasteiger charge is -2.30. The first-order valence-electron chi connectivity index (χ1n) is 12.6. The summed E-state index contributed by atoms with van der Waals surface area (Å²) in [5, 5.41) is 0. The molecule has 0 aliphatic heterocycles. The third kappa shape index (κ3) is 14.9. The molecule has 0 rings (SSSR count). The van der Waals surface area contributed by atoms with Crippen LogP contribution in [-0.4, -0.2) is 48.5 Å². The van der Waals surface area contributed by atoms with E-state index in [2.05, 4.69) is 13.8 Å². The summed E-state index contributed by atoms with van der Waals surface area (Å²) in [5.74, 6) is -0.857. The lowest BCUT2D eigenvalue weighted by molar-refractivity contribution is -0.156. The number of carbonyl (C=O) groups excluding carboxylic acids is 3. The zero-order chi connectivity index (χ0) is 23.3. The van der Waals surface area contributed by atoms with E-state index in [-0.39, 0.29) is 30.7 Å². The summed E-state index contributed by atoms with van der Waals surface area (Å²) in [6.07, 6.45) is 12.8. The van der Waals surface area contributed by atoms with E-state index in [0.29, 0.717) is 26.2 Å². The maximum atomic E-state index is 13.0. The smallest absolute Gasteiger partial charge is 0.328 e. The van der Waals surface area contributed by atoms with Crippen LogP contribution < -0.4 is 0 Å². The molecule has 0 aromatic carbocycles. The van der Waals surface area contributed by atoms with Crippen LogP contribution in [0.15, 0.2) is 0 Å². The Morgan fingerprint density at radius 1 is 0.677 bits per heavy atom. The van der Waals surface area contributed by atoms with Crippen LogP contribution in [-0.2, 0) is 23.9 Å². The van der Waals surface area contributed by atoms with Crippen LogP contribution >= 0.6 is 0 Å². The summed E-state index contributed by atoms with van der Waals surface area (Å²) in [5.41, 5.74) is 0. The fourth-order valence-electron chi connectivity index (χ4n) is 3.68. The summed E-state index contributed by atoms with van der Waals surface area (Å²) in [7, 11) is 0. The normalized spacial score (nSPS) is 11.7. The summed E-state index contributed by atoms with van der Waals surface area (Å²) in [6.45, 7) is 9.04. The van der Waals surface area contributed by atoms with Crippen molar-refractivity contribution in [3.05, 3.63) is 0 Å². The van der Waals surface area contributed by atoms with Crippen LogP contribution in [0.5, 0.6) is 0 Å². The van der Waals surface area contributed by atoms with Crippen LogP contribution in [0.2, 0.25) is 0 Å². The van der Waals surface area contributed by atoms with E-state index in [1.807, 2.05) is 0 Å². The molecule has 0 fully saturated rings. The summed E-state index contributed by atoms with van der Waals surface area (Å²) < 4.78 is 10.3. The van der Waals surface area contributed by atoms with Crippen molar-refractivity contribution in [3.63, 3.8) is 0 Å². The molecule has 6 heteroatoms. The van der Waals surface area contributed by atoms with Gasteiger partial charge in [-0.1, -0.05) is 78.1 Å². The van der Waals surface area contributed by atoms with Gasteiger partial charge in [0.05, 0.1) is 19.6 Å². The van der Waals surface area contributed by atoms with Gasteiger partial charge in [-0.05, 0) is 26.7 Å². The molecule has 1 amide bonds. The monoisotopic (exact) mass is 441 g/mol. The number of ether oxygens (including phenoxy) is 2. The summed E-state index contributed by atoms with van der Waals surface area (Å²) in [6, 6.07) is -0.563. The van der Waals surface area contributed by atoms with Crippen LogP contribution in [0, 0.1) is 0 Å². The number of nitrogens with zero attached hydrogens (tertiary/aromatic N) is 1. The Hall–Kier alpha value is -1.59. The predicted octanol–water partition coefficient (Wildman–Crippen LogP) is 5.81. The predicted molar refractivity (Wildman–Crippen MR) is 125 cm³/mol. The van der Waals surface area contributed by atoms with E-state index in [1.54, 1.807) is 18.7 Å². The molecule has 0 N–H and O–H groups in total. The van der Waals surface area contributed by atoms with Gasteiger partial charge in [0, 0.05) is 13.0 Å². The van der Waals surface area contributed by atoms with Crippen molar-refractivity contribution in [2.45, 2.75) is 124 Å². The average molecular weight is 442 g/mol. The fourth-order valence-corrected chi connectivity index (χ4v) is 3.68. The SMILES string of the molecule is CCCCCCCCN(C(=O)CCC(=O)OCC)C(CCCCCCC)C(=O)OCC. The highest BCUT2D eigenvalue weighted by molar-refractivity contribution is 5.86. The average Bonchev–Trinajstić information content (AvgIpc) is 2.75. The van der Waals surface area contributed by atoms with E-state index in [0.717, 1.165) is 44.9 Å². The van der Waals surface area contributed by atoms with Gasteiger partial charge < -0.3 is 14.4 Å². The van der Waals surface area contributed by atoms with E-state index in [1.165, 1.54) is 25.7 Å². The number of hydrogen-bond acceptors (Lipinski definition) is 5. The second-order valence-corrected chi connectivity index (χ2v) is 8.13. The van der Waals surface area contributed by atoms with Crippen LogP contribution in [0.4, 0.5) is 0 Å². The lowest BCUT2D eigenvalue weighted by Crippen LogP contribution is -2.46. The molecule has 1 unspecified atom stereocenters. The van der Waals surface area contributed by atoms with Gasteiger partial charge in [0.15, 0.2) is 0 Å². The highest BCUT2D eigenvalue weighted by Crippen LogP contribution is 2.17. The molecule has 0 saturated carbocycles. The van der Waals surface area contributed by atoms with Crippen molar-refractivity contribution < 1.29 is 23.9 Å². The molecule has 0 saturated heterocycles. The van der Waals surface area contributed by atoms with E-state index in [9.17, 15) is 14.4 Å². The van der Waals surface area contributed by atoms with Gasteiger partial charge in [-0.25, -0.2) is 4.79 Å². The van der Waals surface area contributed by atoms with Crippen molar-refractivity contribution in [2.75, 3.05) is 19.8 Å². The maximum Gasteiger partial charge on any atom is 0.328 e. The Balaban J connectivity index is 5.08. The third-order valence-corrected chi connectivity index (χ3v) is 5.44. The Morgan fingerprint density at radius 2 is 1.23 bits per heavy atom. The largest absolute Gasteiger partial charge is 0.466 e. The molecular weight excluding hydrogens is 394 g/mol. The quantitative estimate of drug-likeness (QED) is 0.176. The molecule has 1 atom stereocenters. The summed E-state index contributed by atoms with van der Waals surface area (Å²) >= 11 is 0. The van der Waals surface area contributed by atoms with Gasteiger partial charge in [-0.2, -0.15) is 0 Å². The second kappa shape index (κ2) is 20.3. The highest BCUT2D eigenvalue weighted by Gasteiger charge is 2.30. The first-order chi connectivity index (χ1) is 15.0. The second-order valence-electron chi connectivity index (χ2n) is 8.13. The minimum absolute atomic E-state index is 0.0473. The van der Waals surface area contributed by atoms with Crippen molar-refractivity contribution in [3.8, 4) is 0 Å². The van der Waals surface area contributed by atoms with Crippen LogP contribution in [0.3, 0.4) is 0 Å². The highest BCUT2D eigenvalue weighted by atomic mass is 16.5. The molecule has 0 aliphatic rings. The number of hydrogen-bond donors (Lipinski definition) is 0. The van der Waals surface area contributed by atoms with Gasteiger partial charge in [0.2, 0.25) is 5.91 Å². The first kappa shape index (κ1) is 29.4. The van der Waals surface area contributed by atoms with E-state index >= 15 is 0 Å². The number of esters is 2. The number of amides is 1. The molecule has 0 aromatic heterocycles. The number of carbonyl (C=O) groups is 3. The van der Waals surface area contributed by atoms with Crippen molar-refractivity contribution in [1.29, 1.82) is 0 Å². The Labute approximate surface area is 190 Å². The molecule has 0 spiro atoms. The Bertz CT molecular complexity index is 481. The fraction of sp³-hybridized carbons (Fsp3) is 0.880. The maximum absolute atomic E-state index is 13.0. The number of rotatable bonds is 20. The van der Waals surface area contributed by atoms with Crippen molar-refractivity contribution in [1.82, 2.24) is 4.90 Å². The standard InChI is InChI=1S/C25H47NO5/c1-5-9-11-13-15-17-21-26(23(27)19-20-24(28)30-7-3)22(25(29)31-8-4)18-16-14-12-10-6-2/h22H,5-21H2,1-4H3.